The fraction of sp³-hybridized carbons (Fsp3) is 0.143. The van der Waals surface area contributed by atoms with E-state index in [0.717, 1.165) is 31.2 Å². The van der Waals surface area contributed by atoms with Crippen LogP contribution in [0, 0.1) is 13.8 Å². The van der Waals surface area contributed by atoms with Crippen LogP contribution >= 0.6 is 55.1 Å². The van der Waals surface area contributed by atoms with E-state index < -0.39 is 0 Å². The molecule has 0 N–H and O–H groups in total. The molecule has 0 radical (unpaired) electrons. The summed E-state index contributed by atoms with van der Waals surface area (Å²) in [7, 11) is 0. The van der Waals surface area contributed by atoms with Gasteiger partial charge in [-0.05, 0) is 47.5 Å². The van der Waals surface area contributed by atoms with Crippen LogP contribution in [-0.2, 0) is 0 Å². The van der Waals surface area contributed by atoms with Crippen molar-refractivity contribution in [1.29, 1.82) is 0 Å². The van der Waals surface area contributed by atoms with Crippen molar-refractivity contribution in [2.24, 2.45) is 0 Å². The second-order valence-corrected chi connectivity index (χ2v) is 7.20. The monoisotopic (exact) mass is 447 g/mol. The van der Waals surface area contributed by atoms with Gasteiger partial charge in [-0.2, -0.15) is 0 Å². The molecule has 0 aliphatic carbocycles. The molecule has 1 aromatic carbocycles. The topological polar surface area (TPSA) is 30.7 Å². The van der Waals surface area contributed by atoms with Crippen molar-refractivity contribution in [2.45, 2.75) is 13.8 Å². The first kappa shape index (κ1) is 15.3. The van der Waals surface area contributed by atoms with Gasteiger partial charge in [-0.1, -0.05) is 39.1 Å². The SMILES string of the molecule is Cc1nc(Cl)c2c(C)cn(-c3c(Cl)cc(Br)cc3Br)c2n1. The molecule has 21 heavy (non-hydrogen) atoms. The van der Waals surface area contributed by atoms with Crippen LogP contribution in [0.15, 0.2) is 27.3 Å². The molecule has 7 heteroatoms. The van der Waals surface area contributed by atoms with Crippen molar-refractivity contribution >= 4 is 66.1 Å². The Morgan fingerprint density at radius 1 is 1.10 bits per heavy atom. The van der Waals surface area contributed by atoms with Crippen LogP contribution in [0.4, 0.5) is 0 Å². The molecule has 3 nitrogen and oxygen atoms in total. The minimum Gasteiger partial charge on any atom is -0.298 e. The normalized spacial score (nSPS) is 11.3. The molecule has 2 heterocycles. The van der Waals surface area contributed by atoms with Gasteiger partial charge in [-0.15, -0.1) is 0 Å². The van der Waals surface area contributed by atoms with Crippen LogP contribution in [0.25, 0.3) is 16.7 Å². The van der Waals surface area contributed by atoms with Crippen LogP contribution in [0.2, 0.25) is 10.2 Å². The Balaban J connectivity index is 2.42. The van der Waals surface area contributed by atoms with Crippen molar-refractivity contribution in [3.05, 3.63) is 48.8 Å². The van der Waals surface area contributed by atoms with Gasteiger partial charge in [0.15, 0.2) is 0 Å². The third-order valence-electron chi connectivity index (χ3n) is 3.13. The summed E-state index contributed by atoms with van der Waals surface area (Å²) >= 11 is 19.6. The predicted octanol–water partition coefficient (Wildman–Crippen LogP) is 5.87. The maximum absolute atomic E-state index is 6.40. The van der Waals surface area contributed by atoms with E-state index in [9.17, 15) is 0 Å². The number of hydrogen-bond donors (Lipinski definition) is 0. The molecule has 108 valence electrons. The average molecular weight is 450 g/mol. The van der Waals surface area contributed by atoms with Crippen LogP contribution < -0.4 is 0 Å². The summed E-state index contributed by atoms with van der Waals surface area (Å²) in [6.07, 6.45) is 1.96. The molecular formula is C14H9Br2Cl2N3. The zero-order chi connectivity index (χ0) is 15.3. The Kier molecular flexibility index (Phi) is 4.03. The van der Waals surface area contributed by atoms with E-state index >= 15 is 0 Å². The summed E-state index contributed by atoms with van der Waals surface area (Å²) in [5.41, 5.74) is 2.57. The maximum Gasteiger partial charge on any atom is 0.150 e. The summed E-state index contributed by atoms with van der Waals surface area (Å²) < 4.78 is 3.70. The van der Waals surface area contributed by atoms with Crippen LogP contribution in [0.1, 0.15) is 11.4 Å². The van der Waals surface area contributed by atoms with Gasteiger partial charge in [0.25, 0.3) is 0 Å². The Morgan fingerprint density at radius 2 is 1.81 bits per heavy atom. The Hall–Kier alpha value is -0.620. The second kappa shape index (κ2) is 5.54. The highest BCUT2D eigenvalue weighted by Gasteiger charge is 2.17. The molecule has 0 bridgehead atoms. The molecule has 0 amide bonds. The van der Waals surface area contributed by atoms with Crippen molar-refractivity contribution in [1.82, 2.24) is 14.5 Å². The average Bonchev–Trinajstić information content (AvgIpc) is 2.65. The van der Waals surface area contributed by atoms with Gasteiger partial charge >= 0.3 is 0 Å². The van der Waals surface area contributed by atoms with E-state index in [4.69, 9.17) is 23.2 Å². The zero-order valence-electron chi connectivity index (χ0n) is 11.1. The number of aryl methyl sites for hydroxylation is 2. The molecule has 0 unspecified atom stereocenters. The summed E-state index contributed by atoms with van der Waals surface area (Å²) in [6.45, 7) is 3.79. The van der Waals surface area contributed by atoms with E-state index in [1.54, 1.807) is 0 Å². The van der Waals surface area contributed by atoms with Crippen molar-refractivity contribution in [2.75, 3.05) is 0 Å². The van der Waals surface area contributed by atoms with Gasteiger partial charge in [0.2, 0.25) is 0 Å². The standard InChI is InChI=1S/C14H9Br2Cl2N3/c1-6-5-21(12-9(16)3-8(15)4-10(12)17)14-11(6)13(18)19-7(2)20-14/h3-5H,1-2H3. The number of nitrogens with zero attached hydrogens (tertiary/aromatic N) is 3. The number of aromatic nitrogens is 3. The molecule has 0 fully saturated rings. The van der Waals surface area contributed by atoms with Crippen LogP contribution in [0.5, 0.6) is 0 Å². The molecule has 2 aromatic heterocycles. The highest BCUT2D eigenvalue weighted by Crippen LogP contribution is 2.36. The molecule has 3 rings (SSSR count). The van der Waals surface area contributed by atoms with Gasteiger partial charge in [0.1, 0.15) is 16.6 Å². The van der Waals surface area contributed by atoms with Crippen molar-refractivity contribution in [3.8, 4) is 5.69 Å². The number of halogens is 4. The fourth-order valence-electron chi connectivity index (χ4n) is 2.29. The lowest BCUT2D eigenvalue weighted by atomic mass is 10.3. The lowest BCUT2D eigenvalue weighted by Crippen LogP contribution is -1.99. The lowest BCUT2D eigenvalue weighted by Gasteiger charge is -2.11. The largest absolute Gasteiger partial charge is 0.298 e. The zero-order valence-corrected chi connectivity index (χ0v) is 15.8. The van der Waals surface area contributed by atoms with Crippen LogP contribution in [0.3, 0.4) is 0 Å². The first-order valence-electron chi connectivity index (χ1n) is 6.05. The lowest BCUT2D eigenvalue weighted by molar-refractivity contribution is 1.03. The van der Waals surface area contributed by atoms with Crippen LogP contribution in [-0.4, -0.2) is 14.5 Å². The van der Waals surface area contributed by atoms with Gasteiger partial charge in [0.05, 0.1) is 16.1 Å². The predicted molar refractivity (Wildman–Crippen MR) is 93.8 cm³/mol. The fourth-order valence-corrected chi connectivity index (χ4v) is 4.62. The van der Waals surface area contributed by atoms with Crippen molar-refractivity contribution < 1.29 is 0 Å². The van der Waals surface area contributed by atoms with Gasteiger partial charge in [-0.3, -0.25) is 4.57 Å². The highest BCUT2D eigenvalue weighted by molar-refractivity contribution is 9.11. The Morgan fingerprint density at radius 3 is 2.48 bits per heavy atom. The molecule has 0 saturated carbocycles. The third-order valence-corrected chi connectivity index (χ3v) is 4.75. The minimum atomic E-state index is 0.457. The molecule has 3 aromatic rings. The molecule has 0 saturated heterocycles. The van der Waals surface area contributed by atoms with Gasteiger partial charge in [0, 0.05) is 15.1 Å². The summed E-state index contributed by atoms with van der Waals surface area (Å²) in [6, 6.07) is 3.79. The second-order valence-electron chi connectivity index (χ2n) is 4.66. The Labute approximate surface area is 148 Å². The van der Waals surface area contributed by atoms with E-state index in [2.05, 4.69) is 41.8 Å². The molecule has 0 spiro atoms. The molecular weight excluding hydrogens is 441 g/mol. The molecule has 0 aliphatic heterocycles. The smallest absolute Gasteiger partial charge is 0.150 e. The van der Waals surface area contributed by atoms with Crippen molar-refractivity contribution in [3.63, 3.8) is 0 Å². The van der Waals surface area contributed by atoms with E-state index in [-0.39, 0.29) is 0 Å². The van der Waals surface area contributed by atoms with E-state index in [1.165, 1.54) is 0 Å². The number of rotatable bonds is 1. The number of benzene rings is 1. The maximum atomic E-state index is 6.40. The summed E-state index contributed by atoms with van der Waals surface area (Å²) in [5.74, 6) is 0.621. The Bertz CT molecular complexity index is 851. The summed E-state index contributed by atoms with van der Waals surface area (Å²) in [4.78, 5) is 8.73. The first-order chi connectivity index (χ1) is 9.88. The highest BCUT2D eigenvalue weighted by atomic mass is 79.9. The quantitative estimate of drug-likeness (QED) is 0.435. The number of hydrogen-bond acceptors (Lipinski definition) is 2. The van der Waals surface area contributed by atoms with E-state index in [0.29, 0.717) is 16.0 Å². The number of fused-ring (bicyclic) bond motifs is 1. The summed E-state index contributed by atoms with van der Waals surface area (Å²) in [5, 5.41) is 1.91. The van der Waals surface area contributed by atoms with Gasteiger partial charge in [-0.25, -0.2) is 9.97 Å². The first-order valence-corrected chi connectivity index (χ1v) is 8.39. The third kappa shape index (κ3) is 2.61. The minimum absolute atomic E-state index is 0.457. The molecule has 0 aliphatic rings. The molecule has 0 atom stereocenters. The van der Waals surface area contributed by atoms with Gasteiger partial charge < -0.3 is 0 Å². The van der Waals surface area contributed by atoms with E-state index in [1.807, 2.05) is 36.7 Å².